The van der Waals surface area contributed by atoms with Crippen molar-refractivity contribution in [3.05, 3.63) is 47.5 Å². The van der Waals surface area contributed by atoms with Crippen LogP contribution in [0.1, 0.15) is 36.8 Å². The van der Waals surface area contributed by atoms with Gasteiger partial charge < -0.3 is 5.32 Å². The monoisotopic (exact) mass is 244 g/mol. The van der Waals surface area contributed by atoms with Crippen molar-refractivity contribution in [1.29, 1.82) is 0 Å². The van der Waals surface area contributed by atoms with E-state index in [-0.39, 0.29) is 0 Å². The number of rotatable bonds is 5. The molecule has 0 aliphatic heterocycles. The average molecular weight is 244 g/mol. The van der Waals surface area contributed by atoms with Gasteiger partial charge in [0.25, 0.3) is 0 Å². The second-order valence-electron chi connectivity index (χ2n) is 4.51. The molecule has 1 aromatic carbocycles. The molecular weight excluding hydrogens is 224 g/mol. The van der Waals surface area contributed by atoms with Crippen LogP contribution in [0, 0.1) is 6.92 Å². The molecule has 0 aliphatic rings. The SMILES string of the molecule is CCn1ncnc1CN[C@@H](C)c1cccc(C)c1. The zero-order valence-corrected chi connectivity index (χ0v) is 11.2. The molecule has 4 nitrogen and oxygen atoms in total. The van der Waals surface area contributed by atoms with Crippen molar-refractivity contribution in [2.24, 2.45) is 0 Å². The van der Waals surface area contributed by atoms with Crippen LogP contribution in [-0.2, 0) is 13.1 Å². The first-order valence-corrected chi connectivity index (χ1v) is 6.37. The number of aryl methyl sites for hydroxylation is 2. The van der Waals surface area contributed by atoms with Gasteiger partial charge in [0.2, 0.25) is 0 Å². The summed E-state index contributed by atoms with van der Waals surface area (Å²) >= 11 is 0. The van der Waals surface area contributed by atoms with Crippen molar-refractivity contribution in [2.75, 3.05) is 0 Å². The lowest BCUT2D eigenvalue weighted by atomic mass is 10.1. The molecule has 0 saturated heterocycles. The highest BCUT2D eigenvalue weighted by Gasteiger charge is 2.07. The van der Waals surface area contributed by atoms with Gasteiger partial charge in [0, 0.05) is 12.6 Å². The van der Waals surface area contributed by atoms with E-state index in [1.54, 1.807) is 6.33 Å². The predicted molar refractivity (Wildman–Crippen MR) is 72.1 cm³/mol. The van der Waals surface area contributed by atoms with E-state index >= 15 is 0 Å². The van der Waals surface area contributed by atoms with Crippen LogP contribution in [0.2, 0.25) is 0 Å². The van der Waals surface area contributed by atoms with Crippen molar-refractivity contribution in [3.63, 3.8) is 0 Å². The van der Waals surface area contributed by atoms with Gasteiger partial charge in [0.15, 0.2) is 0 Å². The highest BCUT2D eigenvalue weighted by Crippen LogP contribution is 2.14. The van der Waals surface area contributed by atoms with Gasteiger partial charge in [-0.1, -0.05) is 29.8 Å². The molecule has 0 bridgehead atoms. The van der Waals surface area contributed by atoms with Crippen molar-refractivity contribution < 1.29 is 0 Å². The summed E-state index contributed by atoms with van der Waals surface area (Å²) in [4.78, 5) is 4.26. The Bertz CT molecular complexity index is 504. The Kier molecular flexibility index (Phi) is 4.10. The van der Waals surface area contributed by atoms with Crippen LogP contribution in [0.5, 0.6) is 0 Å². The minimum absolute atomic E-state index is 0.312. The highest BCUT2D eigenvalue weighted by atomic mass is 15.3. The van der Waals surface area contributed by atoms with E-state index in [0.29, 0.717) is 6.04 Å². The van der Waals surface area contributed by atoms with E-state index in [2.05, 4.69) is 60.4 Å². The van der Waals surface area contributed by atoms with Crippen molar-refractivity contribution in [1.82, 2.24) is 20.1 Å². The minimum Gasteiger partial charge on any atom is -0.303 e. The van der Waals surface area contributed by atoms with Gasteiger partial charge in [0.1, 0.15) is 12.2 Å². The van der Waals surface area contributed by atoms with E-state index in [4.69, 9.17) is 0 Å². The number of nitrogens with one attached hydrogen (secondary N) is 1. The molecule has 96 valence electrons. The lowest BCUT2D eigenvalue weighted by Crippen LogP contribution is -2.21. The van der Waals surface area contributed by atoms with Crippen molar-refractivity contribution in [3.8, 4) is 0 Å². The second kappa shape index (κ2) is 5.78. The maximum Gasteiger partial charge on any atom is 0.140 e. The summed E-state index contributed by atoms with van der Waals surface area (Å²) in [6.45, 7) is 7.95. The normalized spacial score (nSPS) is 12.6. The van der Waals surface area contributed by atoms with Crippen LogP contribution >= 0.6 is 0 Å². The van der Waals surface area contributed by atoms with Crippen LogP contribution in [0.15, 0.2) is 30.6 Å². The first-order valence-electron chi connectivity index (χ1n) is 6.37. The summed E-state index contributed by atoms with van der Waals surface area (Å²) in [6.07, 6.45) is 1.61. The Morgan fingerprint density at radius 3 is 2.94 bits per heavy atom. The molecule has 2 rings (SSSR count). The van der Waals surface area contributed by atoms with Gasteiger partial charge in [-0.25, -0.2) is 9.67 Å². The molecule has 2 aromatic rings. The topological polar surface area (TPSA) is 42.7 Å². The zero-order valence-electron chi connectivity index (χ0n) is 11.2. The van der Waals surface area contributed by atoms with E-state index in [0.717, 1.165) is 18.9 Å². The van der Waals surface area contributed by atoms with Crippen LogP contribution in [-0.4, -0.2) is 14.8 Å². The Balaban J connectivity index is 1.98. The number of benzene rings is 1. The fourth-order valence-electron chi connectivity index (χ4n) is 1.99. The molecule has 0 amide bonds. The number of hydrogen-bond donors (Lipinski definition) is 1. The third-order valence-electron chi connectivity index (χ3n) is 3.10. The Labute approximate surface area is 108 Å². The molecule has 0 radical (unpaired) electrons. The summed E-state index contributed by atoms with van der Waals surface area (Å²) in [5.74, 6) is 0.983. The number of hydrogen-bond acceptors (Lipinski definition) is 3. The molecule has 4 heteroatoms. The standard InChI is InChI=1S/C14H20N4/c1-4-18-14(16-10-17-18)9-15-12(3)13-7-5-6-11(2)8-13/h5-8,10,12,15H,4,9H2,1-3H3/t12-/m0/s1. The average Bonchev–Trinajstić information content (AvgIpc) is 2.83. The van der Waals surface area contributed by atoms with Gasteiger partial charge >= 0.3 is 0 Å². The Morgan fingerprint density at radius 2 is 2.22 bits per heavy atom. The Morgan fingerprint density at radius 1 is 1.39 bits per heavy atom. The first-order chi connectivity index (χ1) is 8.70. The number of aromatic nitrogens is 3. The van der Waals surface area contributed by atoms with Gasteiger partial charge in [-0.15, -0.1) is 0 Å². The Hall–Kier alpha value is -1.68. The minimum atomic E-state index is 0.312. The smallest absolute Gasteiger partial charge is 0.140 e. The fraction of sp³-hybridized carbons (Fsp3) is 0.429. The second-order valence-corrected chi connectivity index (χ2v) is 4.51. The van der Waals surface area contributed by atoms with Crippen LogP contribution in [0.25, 0.3) is 0 Å². The maximum absolute atomic E-state index is 4.26. The third-order valence-corrected chi connectivity index (χ3v) is 3.10. The van der Waals surface area contributed by atoms with E-state index < -0.39 is 0 Å². The maximum atomic E-state index is 4.26. The quantitative estimate of drug-likeness (QED) is 0.878. The van der Waals surface area contributed by atoms with E-state index in [1.165, 1.54) is 11.1 Å². The van der Waals surface area contributed by atoms with Gasteiger partial charge in [-0.2, -0.15) is 5.10 Å². The summed E-state index contributed by atoms with van der Waals surface area (Å²) in [5.41, 5.74) is 2.59. The third kappa shape index (κ3) is 2.96. The lowest BCUT2D eigenvalue weighted by molar-refractivity contribution is 0.523. The molecule has 1 aromatic heterocycles. The van der Waals surface area contributed by atoms with E-state index in [9.17, 15) is 0 Å². The molecule has 0 spiro atoms. The van der Waals surface area contributed by atoms with Crippen LogP contribution in [0.4, 0.5) is 0 Å². The fourth-order valence-corrected chi connectivity index (χ4v) is 1.99. The molecular formula is C14H20N4. The van der Waals surface area contributed by atoms with Gasteiger partial charge in [-0.05, 0) is 26.3 Å². The van der Waals surface area contributed by atoms with Crippen LogP contribution in [0.3, 0.4) is 0 Å². The summed E-state index contributed by atoms with van der Waals surface area (Å²) in [5, 5.41) is 7.64. The molecule has 0 unspecified atom stereocenters. The summed E-state index contributed by atoms with van der Waals surface area (Å²) in [7, 11) is 0. The van der Waals surface area contributed by atoms with Gasteiger partial charge in [0.05, 0.1) is 6.54 Å². The molecule has 0 saturated carbocycles. The first kappa shape index (κ1) is 12.8. The molecule has 18 heavy (non-hydrogen) atoms. The van der Waals surface area contributed by atoms with Crippen molar-refractivity contribution in [2.45, 2.75) is 39.9 Å². The van der Waals surface area contributed by atoms with E-state index in [1.807, 2.05) is 4.68 Å². The molecule has 0 fully saturated rings. The van der Waals surface area contributed by atoms with Gasteiger partial charge in [-0.3, -0.25) is 0 Å². The number of nitrogens with zero attached hydrogens (tertiary/aromatic N) is 3. The molecule has 1 N–H and O–H groups in total. The zero-order chi connectivity index (χ0) is 13.0. The highest BCUT2D eigenvalue weighted by molar-refractivity contribution is 5.24. The molecule has 0 aliphatic carbocycles. The summed E-state index contributed by atoms with van der Waals surface area (Å²) < 4.78 is 1.91. The molecule has 1 heterocycles. The summed E-state index contributed by atoms with van der Waals surface area (Å²) in [6, 6.07) is 8.88. The molecule has 1 atom stereocenters. The van der Waals surface area contributed by atoms with Crippen molar-refractivity contribution >= 4 is 0 Å². The largest absolute Gasteiger partial charge is 0.303 e. The predicted octanol–water partition coefficient (Wildman–Crippen LogP) is 2.46. The van der Waals surface area contributed by atoms with Crippen LogP contribution < -0.4 is 5.32 Å². The lowest BCUT2D eigenvalue weighted by Gasteiger charge is -2.14.